The van der Waals surface area contributed by atoms with Crippen molar-refractivity contribution in [3.05, 3.63) is 83.4 Å². The number of ether oxygens (including phenoxy) is 1. The van der Waals surface area contributed by atoms with Crippen LogP contribution in [-0.4, -0.2) is 37.1 Å². The Hall–Kier alpha value is -3.49. The number of hydrogen-bond acceptors (Lipinski definition) is 5. The molecular weight excluding hydrogens is 474 g/mol. The molecule has 2 aliphatic heterocycles. The summed E-state index contributed by atoms with van der Waals surface area (Å²) in [6.07, 6.45) is 0. The molecule has 1 N–H and O–H groups in total. The molecule has 1 atom stereocenters. The van der Waals surface area contributed by atoms with Crippen molar-refractivity contribution >= 4 is 58.1 Å². The van der Waals surface area contributed by atoms with Crippen molar-refractivity contribution in [2.24, 2.45) is 0 Å². The summed E-state index contributed by atoms with van der Waals surface area (Å²) >= 11 is 7.31. The van der Waals surface area contributed by atoms with Gasteiger partial charge in [0.15, 0.2) is 0 Å². The van der Waals surface area contributed by atoms with Crippen LogP contribution in [0.4, 0.5) is 17.1 Å². The van der Waals surface area contributed by atoms with Crippen LogP contribution in [0, 0.1) is 0 Å². The summed E-state index contributed by atoms with van der Waals surface area (Å²) < 4.78 is 5.30. The molecule has 2 heterocycles. The molecule has 1 fully saturated rings. The Balaban J connectivity index is 1.51. The second kappa shape index (κ2) is 8.70. The zero-order valence-corrected chi connectivity index (χ0v) is 19.7. The number of nitrogens with one attached hydrogen (secondary N) is 1. The fourth-order valence-corrected chi connectivity index (χ4v) is 5.87. The topological polar surface area (TPSA) is 79.0 Å². The first-order chi connectivity index (χ1) is 16.5. The summed E-state index contributed by atoms with van der Waals surface area (Å²) in [4.78, 5) is 41.7. The molecule has 3 aromatic carbocycles. The Morgan fingerprint density at radius 2 is 1.76 bits per heavy atom. The van der Waals surface area contributed by atoms with Crippen LogP contribution < -0.4 is 19.9 Å². The van der Waals surface area contributed by atoms with Crippen molar-refractivity contribution in [1.29, 1.82) is 0 Å². The molecule has 0 bridgehead atoms. The van der Waals surface area contributed by atoms with Gasteiger partial charge in [0.1, 0.15) is 12.3 Å². The molecular formula is C25H20ClN3O4S. The van der Waals surface area contributed by atoms with Crippen molar-refractivity contribution in [2.75, 3.05) is 34.5 Å². The van der Waals surface area contributed by atoms with E-state index in [2.05, 4.69) is 5.32 Å². The lowest BCUT2D eigenvalue weighted by Crippen LogP contribution is -2.50. The zero-order valence-electron chi connectivity index (χ0n) is 18.2. The number of thioether (sulfide) groups is 1. The van der Waals surface area contributed by atoms with Gasteiger partial charge in [0.25, 0.3) is 5.91 Å². The minimum absolute atomic E-state index is 0.143. The van der Waals surface area contributed by atoms with Gasteiger partial charge in [-0.1, -0.05) is 41.9 Å². The van der Waals surface area contributed by atoms with Gasteiger partial charge in [-0.15, -0.1) is 11.8 Å². The molecule has 1 saturated heterocycles. The normalized spacial score (nSPS) is 19.0. The zero-order chi connectivity index (χ0) is 23.9. The molecule has 0 aromatic heterocycles. The lowest BCUT2D eigenvalue weighted by atomic mass is 10.0. The maximum Gasteiger partial charge on any atom is 0.269 e. The minimum Gasteiger partial charge on any atom is -0.495 e. The Morgan fingerprint density at radius 3 is 2.53 bits per heavy atom. The van der Waals surface area contributed by atoms with Gasteiger partial charge in [0, 0.05) is 16.3 Å². The van der Waals surface area contributed by atoms with Crippen LogP contribution in [0.25, 0.3) is 0 Å². The number of fused-ring (bicyclic) bond motifs is 2. The molecule has 1 spiro atoms. The maximum atomic E-state index is 14.0. The molecule has 3 aromatic rings. The molecule has 34 heavy (non-hydrogen) atoms. The molecule has 0 aliphatic carbocycles. The first-order valence-corrected chi connectivity index (χ1v) is 11.9. The highest BCUT2D eigenvalue weighted by Crippen LogP contribution is 2.55. The second-order valence-corrected chi connectivity index (χ2v) is 9.40. The van der Waals surface area contributed by atoms with E-state index in [1.165, 1.54) is 28.7 Å². The molecule has 3 amide bonds. The van der Waals surface area contributed by atoms with Crippen molar-refractivity contribution in [2.45, 2.75) is 4.87 Å². The Kier molecular flexibility index (Phi) is 5.71. The second-order valence-electron chi connectivity index (χ2n) is 7.80. The first-order valence-electron chi connectivity index (χ1n) is 10.5. The average molecular weight is 494 g/mol. The number of carbonyl (C=O) groups is 3. The predicted molar refractivity (Wildman–Crippen MR) is 133 cm³/mol. The van der Waals surface area contributed by atoms with E-state index in [1.807, 2.05) is 18.2 Å². The van der Waals surface area contributed by atoms with Gasteiger partial charge in [-0.2, -0.15) is 0 Å². The number of benzene rings is 3. The molecule has 7 nitrogen and oxygen atoms in total. The van der Waals surface area contributed by atoms with E-state index in [1.54, 1.807) is 54.6 Å². The molecule has 9 heteroatoms. The summed E-state index contributed by atoms with van der Waals surface area (Å²) in [5.41, 5.74) is 2.36. The number of nitrogens with zero attached hydrogens (tertiary/aromatic N) is 2. The Labute approximate surface area is 205 Å². The van der Waals surface area contributed by atoms with E-state index in [0.29, 0.717) is 33.4 Å². The maximum absolute atomic E-state index is 14.0. The van der Waals surface area contributed by atoms with Gasteiger partial charge in [0.2, 0.25) is 16.7 Å². The number of rotatable bonds is 5. The fourth-order valence-electron chi connectivity index (χ4n) is 4.38. The first kappa shape index (κ1) is 22.3. The van der Waals surface area contributed by atoms with Gasteiger partial charge in [-0.05, 0) is 42.5 Å². The average Bonchev–Trinajstić information content (AvgIpc) is 3.31. The third-order valence-electron chi connectivity index (χ3n) is 5.83. The molecule has 0 saturated carbocycles. The van der Waals surface area contributed by atoms with Crippen molar-refractivity contribution in [3.63, 3.8) is 0 Å². The molecule has 0 radical (unpaired) electrons. The van der Waals surface area contributed by atoms with E-state index in [4.69, 9.17) is 16.3 Å². The lowest BCUT2D eigenvalue weighted by Gasteiger charge is -2.33. The van der Waals surface area contributed by atoms with E-state index >= 15 is 0 Å². The number of para-hydroxylation sites is 3. The summed E-state index contributed by atoms with van der Waals surface area (Å²) in [7, 11) is 1.52. The third kappa shape index (κ3) is 3.50. The molecule has 172 valence electrons. The van der Waals surface area contributed by atoms with Crippen LogP contribution in [0.1, 0.15) is 5.56 Å². The standard InChI is InChI=1S/C25H20ClN3O4S/c1-33-21-9-5-3-7-19(21)27-22(30)14-28-20-8-4-2-6-18(20)25(24(28)32)29(23(31)15-34-25)17-12-10-16(26)11-13-17/h2-13H,14-15H2,1H3,(H,27,30). The van der Waals surface area contributed by atoms with Gasteiger partial charge in [0.05, 0.1) is 24.2 Å². The van der Waals surface area contributed by atoms with Crippen LogP contribution >= 0.6 is 23.4 Å². The number of methoxy groups -OCH3 is 1. The van der Waals surface area contributed by atoms with E-state index in [-0.39, 0.29) is 30.0 Å². The van der Waals surface area contributed by atoms with E-state index in [9.17, 15) is 14.4 Å². The molecule has 5 rings (SSSR count). The predicted octanol–water partition coefficient (Wildman–Crippen LogP) is 4.27. The number of amides is 3. The number of hydrogen-bond donors (Lipinski definition) is 1. The van der Waals surface area contributed by atoms with Gasteiger partial charge in [-0.3, -0.25) is 24.2 Å². The summed E-state index contributed by atoms with van der Waals surface area (Å²) in [6, 6.07) is 21.1. The SMILES string of the molecule is COc1ccccc1NC(=O)CN1C(=O)C2(SCC(=O)N2c2ccc(Cl)cc2)c2ccccc21. The number of halogens is 1. The number of anilines is 3. The summed E-state index contributed by atoms with van der Waals surface area (Å²) in [5.74, 6) is -0.238. The van der Waals surface area contributed by atoms with Gasteiger partial charge < -0.3 is 10.1 Å². The van der Waals surface area contributed by atoms with Crippen molar-refractivity contribution in [3.8, 4) is 5.75 Å². The highest BCUT2D eigenvalue weighted by atomic mass is 35.5. The van der Waals surface area contributed by atoms with E-state index in [0.717, 1.165) is 0 Å². The monoisotopic (exact) mass is 493 g/mol. The largest absolute Gasteiger partial charge is 0.495 e. The number of carbonyl (C=O) groups excluding carboxylic acids is 3. The van der Waals surface area contributed by atoms with E-state index < -0.39 is 4.87 Å². The minimum atomic E-state index is -1.29. The van der Waals surface area contributed by atoms with Crippen LogP contribution in [0.2, 0.25) is 5.02 Å². The Morgan fingerprint density at radius 1 is 1.06 bits per heavy atom. The summed E-state index contributed by atoms with van der Waals surface area (Å²) in [6.45, 7) is -0.209. The highest BCUT2D eigenvalue weighted by Gasteiger charge is 2.61. The fraction of sp³-hybridized carbons (Fsp3) is 0.160. The van der Waals surface area contributed by atoms with Crippen molar-refractivity contribution < 1.29 is 19.1 Å². The van der Waals surface area contributed by atoms with Gasteiger partial charge >= 0.3 is 0 Å². The van der Waals surface area contributed by atoms with Crippen LogP contribution in [0.3, 0.4) is 0 Å². The van der Waals surface area contributed by atoms with Crippen molar-refractivity contribution in [1.82, 2.24) is 0 Å². The van der Waals surface area contributed by atoms with Gasteiger partial charge in [-0.25, -0.2) is 0 Å². The van der Waals surface area contributed by atoms with Crippen LogP contribution in [0.15, 0.2) is 72.8 Å². The molecule has 1 unspecified atom stereocenters. The quantitative estimate of drug-likeness (QED) is 0.574. The Bertz CT molecular complexity index is 1300. The smallest absolute Gasteiger partial charge is 0.269 e. The van der Waals surface area contributed by atoms with Crippen LogP contribution in [-0.2, 0) is 19.3 Å². The molecule has 2 aliphatic rings. The third-order valence-corrected chi connectivity index (χ3v) is 7.47. The highest BCUT2D eigenvalue weighted by molar-refractivity contribution is 8.02. The summed E-state index contributed by atoms with van der Waals surface area (Å²) in [5, 5.41) is 3.35. The lowest BCUT2D eigenvalue weighted by molar-refractivity contribution is -0.124. The van der Waals surface area contributed by atoms with Crippen LogP contribution in [0.5, 0.6) is 5.75 Å².